The monoisotopic (exact) mass is 372 g/mol. The number of fused-ring (bicyclic) bond motifs is 1. The maximum atomic E-state index is 12.5. The van der Waals surface area contributed by atoms with Gasteiger partial charge in [-0.3, -0.25) is 4.79 Å². The van der Waals surface area contributed by atoms with E-state index < -0.39 is 15.7 Å². The zero-order valence-electron chi connectivity index (χ0n) is 13.8. The number of ether oxygens (including phenoxy) is 2. The Morgan fingerprint density at radius 3 is 2.65 bits per heavy atom. The number of amides is 1. The van der Waals surface area contributed by atoms with Gasteiger partial charge in [0.1, 0.15) is 13.2 Å². The van der Waals surface area contributed by atoms with E-state index in [9.17, 15) is 13.2 Å². The molecule has 1 amide bonds. The van der Waals surface area contributed by atoms with E-state index in [0.717, 1.165) is 0 Å². The van der Waals surface area contributed by atoms with Gasteiger partial charge in [-0.2, -0.15) is 5.26 Å². The van der Waals surface area contributed by atoms with Crippen molar-refractivity contribution in [2.24, 2.45) is 0 Å². The summed E-state index contributed by atoms with van der Waals surface area (Å²) in [6, 6.07) is 12.8. The Morgan fingerprint density at radius 2 is 1.88 bits per heavy atom. The summed E-state index contributed by atoms with van der Waals surface area (Å²) >= 11 is 0. The molecule has 0 aromatic heterocycles. The first-order chi connectivity index (χ1) is 12.5. The molecule has 134 valence electrons. The van der Waals surface area contributed by atoms with E-state index in [4.69, 9.17) is 14.7 Å². The fourth-order valence-corrected chi connectivity index (χ4v) is 3.70. The summed E-state index contributed by atoms with van der Waals surface area (Å²) < 4.78 is 35.7. The zero-order valence-corrected chi connectivity index (χ0v) is 14.6. The lowest BCUT2D eigenvalue weighted by Gasteiger charge is -2.18. The van der Waals surface area contributed by atoms with Crippen LogP contribution in [0.25, 0.3) is 0 Å². The molecule has 1 heterocycles. The number of hydrogen-bond acceptors (Lipinski definition) is 6. The third kappa shape index (κ3) is 4.13. The van der Waals surface area contributed by atoms with Crippen molar-refractivity contribution in [3.8, 4) is 17.6 Å². The van der Waals surface area contributed by atoms with Crippen molar-refractivity contribution >= 4 is 21.4 Å². The van der Waals surface area contributed by atoms with Gasteiger partial charge in [-0.05, 0) is 30.3 Å². The van der Waals surface area contributed by atoms with Gasteiger partial charge in [-0.15, -0.1) is 0 Å². The summed E-state index contributed by atoms with van der Waals surface area (Å²) in [6.45, 7) is 0.785. The normalized spacial score (nSPS) is 12.9. The van der Waals surface area contributed by atoms with Crippen LogP contribution < -0.4 is 14.8 Å². The second-order valence-corrected chi connectivity index (χ2v) is 7.72. The molecule has 2 aromatic carbocycles. The molecule has 8 heteroatoms. The third-order valence-electron chi connectivity index (χ3n) is 3.75. The summed E-state index contributed by atoms with van der Waals surface area (Å²) in [5.74, 6) is 0.109. The highest BCUT2D eigenvalue weighted by molar-refractivity contribution is 7.91. The SMILES string of the molecule is N#Cc1cccc(NC(=O)CCS(=O)(=O)c2ccc3c(c2)OCCO3)c1. The molecule has 0 atom stereocenters. The maximum absolute atomic E-state index is 12.5. The molecule has 0 radical (unpaired) electrons. The Morgan fingerprint density at radius 1 is 1.12 bits per heavy atom. The van der Waals surface area contributed by atoms with Crippen LogP contribution in [0.3, 0.4) is 0 Å². The van der Waals surface area contributed by atoms with Gasteiger partial charge in [0.2, 0.25) is 5.91 Å². The largest absolute Gasteiger partial charge is 0.486 e. The topological polar surface area (TPSA) is 105 Å². The Hall–Kier alpha value is -3.05. The van der Waals surface area contributed by atoms with Crippen molar-refractivity contribution in [2.45, 2.75) is 11.3 Å². The number of sulfone groups is 1. The van der Waals surface area contributed by atoms with E-state index in [0.29, 0.717) is 36.0 Å². The number of hydrogen-bond donors (Lipinski definition) is 1. The average Bonchev–Trinajstić information content (AvgIpc) is 2.66. The number of nitriles is 1. The average molecular weight is 372 g/mol. The van der Waals surface area contributed by atoms with Crippen LogP contribution in [0.5, 0.6) is 11.5 Å². The highest BCUT2D eigenvalue weighted by Gasteiger charge is 2.20. The molecular weight excluding hydrogens is 356 g/mol. The van der Waals surface area contributed by atoms with Gasteiger partial charge >= 0.3 is 0 Å². The fraction of sp³-hybridized carbons (Fsp3) is 0.222. The second kappa shape index (κ2) is 7.45. The Kier molecular flexibility index (Phi) is 5.09. The van der Waals surface area contributed by atoms with Gasteiger partial charge in [-0.25, -0.2) is 8.42 Å². The van der Waals surface area contributed by atoms with Crippen LogP contribution in [-0.4, -0.2) is 33.3 Å². The van der Waals surface area contributed by atoms with Crippen molar-refractivity contribution < 1.29 is 22.7 Å². The van der Waals surface area contributed by atoms with E-state index in [2.05, 4.69) is 5.32 Å². The van der Waals surface area contributed by atoms with Gasteiger partial charge in [0.25, 0.3) is 0 Å². The number of anilines is 1. The number of nitrogens with one attached hydrogen (secondary N) is 1. The minimum absolute atomic E-state index is 0.0843. The van der Waals surface area contributed by atoms with Crippen molar-refractivity contribution in [2.75, 3.05) is 24.3 Å². The van der Waals surface area contributed by atoms with Crippen molar-refractivity contribution in [3.63, 3.8) is 0 Å². The number of carbonyl (C=O) groups excluding carboxylic acids is 1. The smallest absolute Gasteiger partial charge is 0.225 e. The molecule has 0 unspecified atom stereocenters. The Bertz CT molecular complexity index is 979. The Balaban J connectivity index is 1.64. The van der Waals surface area contributed by atoms with Gasteiger partial charge in [0.05, 0.1) is 22.3 Å². The number of nitrogens with zero attached hydrogens (tertiary/aromatic N) is 1. The quantitative estimate of drug-likeness (QED) is 0.862. The van der Waals surface area contributed by atoms with Gasteiger partial charge < -0.3 is 14.8 Å². The van der Waals surface area contributed by atoms with Crippen LogP contribution in [0.4, 0.5) is 5.69 Å². The van der Waals surface area contributed by atoms with E-state index in [1.54, 1.807) is 24.3 Å². The van der Waals surface area contributed by atoms with Crippen molar-refractivity contribution in [1.29, 1.82) is 5.26 Å². The van der Waals surface area contributed by atoms with E-state index in [-0.39, 0.29) is 17.1 Å². The fourth-order valence-electron chi connectivity index (χ4n) is 2.45. The molecule has 26 heavy (non-hydrogen) atoms. The molecule has 0 fully saturated rings. The lowest BCUT2D eigenvalue weighted by atomic mass is 10.2. The summed E-state index contributed by atoms with van der Waals surface area (Å²) in [5, 5.41) is 11.4. The molecule has 3 rings (SSSR count). The van der Waals surface area contributed by atoms with Crippen LogP contribution in [0.15, 0.2) is 47.4 Å². The van der Waals surface area contributed by atoms with Crippen molar-refractivity contribution in [3.05, 3.63) is 48.0 Å². The molecule has 2 aromatic rings. The summed E-state index contributed by atoms with van der Waals surface area (Å²) in [5.41, 5.74) is 0.859. The third-order valence-corrected chi connectivity index (χ3v) is 5.46. The predicted octanol–water partition coefficient (Wildman–Crippen LogP) is 2.13. The van der Waals surface area contributed by atoms with Crippen LogP contribution in [0, 0.1) is 11.3 Å². The molecule has 1 aliphatic rings. The molecule has 0 saturated heterocycles. The summed E-state index contributed by atoms with van der Waals surface area (Å²) in [4.78, 5) is 12.1. The van der Waals surface area contributed by atoms with Crippen LogP contribution in [-0.2, 0) is 14.6 Å². The molecule has 0 spiro atoms. The van der Waals surface area contributed by atoms with Gasteiger partial charge in [-0.1, -0.05) is 6.07 Å². The molecule has 1 aliphatic heterocycles. The molecule has 0 bridgehead atoms. The van der Waals surface area contributed by atoms with Crippen LogP contribution in [0.1, 0.15) is 12.0 Å². The highest BCUT2D eigenvalue weighted by Crippen LogP contribution is 2.32. The van der Waals surface area contributed by atoms with Gasteiger partial charge in [0, 0.05) is 18.2 Å². The minimum atomic E-state index is -3.64. The van der Waals surface area contributed by atoms with E-state index >= 15 is 0 Å². The lowest BCUT2D eigenvalue weighted by Crippen LogP contribution is -2.18. The first kappa shape index (κ1) is 17.8. The van der Waals surface area contributed by atoms with Crippen molar-refractivity contribution in [1.82, 2.24) is 0 Å². The molecule has 7 nitrogen and oxygen atoms in total. The van der Waals surface area contributed by atoms with Crippen LogP contribution in [0.2, 0.25) is 0 Å². The molecule has 1 N–H and O–H groups in total. The first-order valence-electron chi connectivity index (χ1n) is 7.90. The lowest BCUT2D eigenvalue weighted by molar-refractivity contribution is -0.115. The number of rotatable bonds is 5. The Labute approximate surface area is 151 Å². The van der Waals surface area contributed by atoms with Gasteiger partial charge in [0.15, 0.2) is 21.3 Å². The minimum Gasteiger partial charge on any atom is -0.486 e. The highest BCUT2D eigenvalue weighted by atomic mass is 32.2. The summed E-state index contributed by atoms with van der Waals surface area (Å²) in [7, 11) is -3.64. The van der Waals surface area contributed by atoms with E-state index in [1.807, 2.05) is 6.07 Å². The predicted molar refractivity (Wildman–Crippen MR) is 93.9 cm³/mol. The maximum Gasteiger partial charge on any atom is 0.225 e. The van der Waals surface area contributed by atoms with Crippen LogP contribution >= 0.6 is 0 Å². The number of carbonyl (C=O) groups is 1. The molecule has 0 aliphatic carbocycles. The molecular formula is C18H16N2O5S. The first-order valence-corrected chi connectivity index (χ1v) is 9.55. The zero-order chi connectivity index (χ0) is 18.6. The standard InChI is InChI=1S/C18H16N2O5S/c19-12-13-2-1-3-14(10-13)20-18(21)6-9-26(22,23)15-4-5-16-17(11-15)25-8-7-24-16/h1-5,10-11H,6-9H2,(H,20,21). The summed E-state index contributed by atoms with van der Waals surface area (Å²) in [6.07, 6.45) is -0.201. The van der Waals surface area contributed by atoms with E-state index in [1.165, 1.54) is 18.2 Å². The molecule has 0 saturated carbocycles. The second-order valence-electron chi connectivity index (χ2n) is 5.62. The number of benzene rings is 2.